The summed E-state index contributed by atoms with van der Waals surface area (Å²) in [4.78, 5) is 27.2. The minimum Gasteiger partial charge on any atom is -0.461 e. The lowest BCUT2D eigenvalue weighted by atomic mass is 9.80. The number of allylic oxidation sites excluding steroid dienone is 1. The number of nitriles is 1. The van der Waals surface area contributed by atoms with Gasteiger partial charge in [0.15, 0.2) is 0 Å². The lowest BCUT2D eigenvalue weighted by Gasteiger charge is -2.31. The first-order valence-electron chi connectivity index (χ1n) is 13.3. The normalized spacial score (nSPS) is 14.7. The summed E-state index contributed by atoms with van der Waals surface area (Å²) in [5.74, 6) is -2.06. The highest BCUT2D eigenvalue weighted by molar-refractivity contribution is 6.30. The number of rotatable bonds is 12. The molecule has 8 heteroatoms. The maximum atomic E-state index is 13.8. The lowest BCUT2D eigenvalue weighted by molar-refractivity contribution is -0.141. The van der Waals surface area contributed by atoms with Gasteiger partial charge in [-0.25, -0.2) is 9.59 Å². The van der Waals surface area contributed by atoms with Crippen molar-refractivity contribution in [2.75, 3.05) is 19.8 Å². The highest BCUT2D eigenvalue weighted by Gasteiger charge is 2.39. The van der Waals surface area contributed by atoms with Crippen LogP contribution < -0.4 is 5.32 Å². The second kappa shape index (κ2) is 14.8. The lowest BCUT2D eigenvalue weighted by Crippen LogP contribution is -2.35. The fourth-order valence-electron chi connectivity index (χ4n) is 4.62. The molecule has 0 radical (unpaired) electrons. The predicted molar refractivity (Wildman–Crippen MR) is 155 cm³/mol. The maximum Gasteiger partial charge on any atom is 0.337 e. The van der Waals surface area contributed by atoms with Gasteiger partial charge in [0.25, 0.3) is 0 Å². The zero-order valence-electron chi connectivity index (χ0n) is 22.8. The molecule has 1 N–H and O–H groups in total. The van der Waals surface area contributed by atoms with Gasteiger partial charge in [0, 0.05) is 10.7 Å². The predicted octanol–water partition coefficient (Wildman–Crippen LogP) is 6.01. The summed E-state index contributed by atoms with van der Waals surface area (Å²) in [5.41, 5.74) is 4.07. The molecule has 1 atom stereocenters. The van der Waals surface area contributed by atoms with Crippen molar-refractivity contribution in [3.8, 4) is 6.07 Å². The van der Waals surface area contributed by atoms with Crippen LogP contribution in [-0.4, -0.2) is 31.8 Å². The van der Waals surface area contributed by atoms with Crippen molar-refractivity contribution in [1.29, 1.82) is 5.26 Å². The fraction of sp³-hybridized carbons (Fsp3) is 0.242. The van der Waals surface area contributed by atoms with Crippen LogP contribution in [0.2, 0.25) is 5.02 Å². The summed E-state index contributed by atoms with van der Waals surface area (Å²) in [6.45, 7) is 2.25. The zero-order chi connectivity index (χ0) is 29.0. The molecular formula is C33H31ClN2O5. The van der Waals surface area contributed by atoms with Gasteiger partial charge >= 0.3 is 11.9 Å². The van der Waals surface area contributed by atoms with Crippen LogP contribution in [0.15, 0.2) is 107 Å². The van der Waals surface area contributed by atoms with Gasteiger partial charge in [0.1, 0.15) is 13.2 Å². The van der Waals surface area contributed by atoms with E-state index >= 15 is 0 Å². The molecule has 1 heterocycles. The number of benzene rings is 3. The van der Waals surface area contributed by atoms with Crippen LogP contribution in [0.3, 0.4) is 0 Å². The van der Waals surface area contributed by atoms with Gasteiger partial charge in [0.05, 0.1) is 48.5 Å². The molecule has 7 nitrogen and oxygen atoms in total. The topological polar surface area (TPSA) is 97.7 Å². The third kappa shape index (κ3) is 8.07. The number of ether oxygens (including phenoxy) is 3. The molecule has 0 aliphatic carbocycles. The summed E-state index contributed by atoms with van der Waals surface area (Å²) in [7, 11) is 0. The molecule has 0 spiro atoms. The number of carbonyl (C=O) groups excluding carboxylic acids is 2. The van der Waals surface area contributed by atoms with E-state index < -0.39 is 17.9 Å². The standard InChI is InChI=1S/C33H31ClN2O5/c1-23-29(32(37)40-18-9-17-35)30(26-14-8-15-27(34)20-26)31(33(38)41-21-25-12-6-3-7-13-25)28(36-23)22-39-19-16-24-10-4-2-5-11-24/h2-8,10-15,20,30,36H,9,16,18-19,21-22H2,1H3. The second-order valence-electron chi connectivity index (χ2n) is 9.44. The van der Waals surface area contributed by atoms with Crippen molar-refractivity contribution in [3.05, 3.63) is 129 Å². The van der Waals surface area contributed by atoms with Gasteiger partial charge in [-0.3, -0.25) is 0 Å². The number of esters is 2. The van der Waals surface area contributed by atoms with Crippen molar-refractivity contribution in [1.82, 2.24) is 5.32 Å². The third-order valence-electron chi connectivity index (χ3n) is 6.55. The van der Waals surface area contributed by atoms with Crippen LogP contribution in [0, 0.1) is 11.3 Å². The number of dihydropyridines is 1. The van der Waals surface area contributed by atoms with Gasteiger partial charge in [-0.2, -0.15) is 5.26 Å². The van der Waals surface area contributed by atoms with Gasteiger partial charge < -0.3 is 19.5 Å². The Kier molecular flexibility index (Phi) is 10.7. The molecular weight excluding hydrogens is 540 g/mol. The van der Waals surface area contributed by atoms with Crippen LogP contribution in [0.4, 0.5) is 0 Å². The van der Waals surface area contributed by atoms with Gasteiger partial charge in [0.2, 0.25) is 0 Å². The van der Waals surface area contributed by atoms with Crippen LogP contribution >= 0.6 is 11.6 Å². The summed E-state index contributed by atoms with van der Waals surface area (Å²) in [6.07, 6.45) is 0.751. The van der Waals surface area contributed by atoms with Crippen LogP contribution in [0.1, 0.15) is 36.0 Å². The molecule has 1 aliphatic rings. The number of carbonyl (C=O) groups is 2. The Morgan fingerprint density at radius 3 is 2.22 bits per heavy atom. The number of nitrogens with zero attached hydrogens (tertiary/aromatic N) is 1. The highest BCUT2D eigenvalue weighted by Crippen LogP contribution is 2.40. The monoisotopic (exact) mass is 570 g/mol. The molecule has 0 amide bonds. The van der Waals surface area contributed by atoms with Crippen LogP contribution in [0.25, 0.3) is 0 Å². The van der Waals surface area contributed by atoms with E-state index in [0.29, 0.717) is 35.0 Å². The first kappa shape index (κ1) is 29.6. The zero-order valence-corrected chi connectivity index (χ0v) is 23.5. The van der Waals surface area contributed by atoms with E-state index in [0.717, 1.165) is 11.1 Å². The SMILES string of the molecule is CC1=C(C(=O)OCCC#N)C(c2cccc(Cl)c2)C(C(=O)OCc2ccccc2)=C(COCCc2ccccc2)N1. The van der Waals surface area contributed by atoms with E-state index in [1.807, 2.05) is 66.7 Å². The maximum absolute atomic E-state index is 13.8. The number of halogens is 1. The van der Waals surface area contributed by atoms with Crippen molar-refractivity contribution >= 4 is 23.5 Å². The number of hydrogen-bond donors (Lipinski definition) is 1. The Balaban J connectivity index is 1.68. The first-order valence-corrected chi connectivity index (χ1v) is 13.7. The number of nitrogens with one attached hydrogen (secondary N) is 1. The fourth-order valence-corrected chi connectivity index (χ4v) is 4.82. The van der Waals surface area contributed by atoms with Crippen molar-refractivity contribution in [2.45, 2.75) is 32.3 Å². The highest BCUT2D eigenvalue weighted by atomic mass is 35.5. The summed E-state index contributed by atoms with van der Waals surface area (Å²) in [5, 5.41) is 12.6. The van der Waals surface area contributed by atoms with Gasteiger partial charge in [-0.05, 0) is 42.2 Å². The average molecular weight is 571 g/mol. The Hall–Kier alpha value is -4.38. The van der Waals surface area contributed by atoms with E-state index in [9.17, 15) is 9.59 Å². The quantitative estimate of drug-likeness (QED) is 0.210. The Morgan fingerprint density at radius 2 is 1.54 bits per heavy atom. The van der Waals surface area contributed by atoms with E-state index in [1.54, 1.807) is 31.2 Å². The molecule has 0 bridgehead atoms. The molecule has 0 saturated heterocycles. The Labute approximate surface area is 245 Å². The van der Waals surface area contributed by atoms with Crippen molar-refractivity contribution in [3.63, 3.8) is 0 Å². The van der Waals surface area contributed by atoms with Crippen molar-refractivity contribution < 1.29 is 23.8 Å². The largest absolute Gasteiger partial charge is 0.461 e. The van der Waals surface area contributed by atoms with Crippen molar-refractivity contribution in [2.24, 2.45) is 0 Å². The molecule has 1 unspecified atom stereocenters. The first-order chi connectivity index (χ1) is 20.0. The van der Waals surface area contributed by atoms with E-state index in [-0.39, 0.29) is 37.4 Å². The van der Waals surface area contributed by atoms with E-state index in [2.05, 4.69) is 5.32 Å². The molecule has 4 rings (SSSR count). The minimum atomic E-state index is -0.833. The molecule has 41 heavy (non-hydrogen) atoms. The molecule has 0 aromatic heterocycles. The van der Waals surface area contributed by atoms with Gasteiger partial charge in [-0.1, -0.05) is 84.4 Å². The average Bonchev–Trinajstić information content (AvgIpc) is 2.99. The Bertz CT molecular complexity index is 1460. The third-order valence-corrected chi connectivity index (χ3v) is 6.79. The number of hydrogen-bond acceptors (Lipinski definition) is 7. The smallest absolute Gasteiger partial charge is 0.337 e. The molecule has 3 aromatic rings. The van der Waals surface area contributed by atoms with E-state index in [1.165, 1.54) is 0 Å². The molecule has 1 aliphatic heterocycles. The summed E-state index contributed by atoms with van der Waals surface area (Å²) in [6, 6.07) is 28.3. The van der Waals surface area contributed by atoms with E-state index in [4.69, 9.17) is 31.1 Å². The second-order valence-corrected chi connectivity index (χ2v) is 9.87. The molecule has 0 fully saturated rings. The minimum absolute atomic E-state index is 0.0512. The van der Waals surface area contributed by atoms with Crippen LogP contribution in [0.5, 0.6) is 0 Å². The Morgan fingerprint density at radius 1 is 0.854 bits per heavy atom. The summed E-state index contributed by atoms with van der Waals surface area (Å²) >= 11 is 6.35. The molecule has 210 valence electrons. The summed E-state index contributed by atoms with van der Waals surface area (Å²) < 4.78 is 17.2. The molecule has 0 saturated carbocycles. The molecule has 3 aromatic carbocycles. The van der Waals surface area contributed by atoms with Gasteiger partial charge in [-0.15, -0.1) is 0 Å². The van der Waals surface area contributed by atoms with Crippen LogP contribution in [-0.2, 0) is 36.8 Å².